The summed E-state index contributed by atoms with van der Waals surface area (Å²) in [6.45, 7) is 12.0. The molecule has 0 unspecified atom stereocenters. The van der Waals surface area contributed by atoms with Gasteiger partial charge in [0, 0.05) is 5.92 Å². The van der Waals surface area contributed by atoms with Crippen molar-refractivity contribution in [3.63, 3.8) is 0 Å². The molecule has 4 nitrogen and oxygen atoms in total. The molecule has 4 heteroatoms. The van der Waals surface area contributed by atoms with Crippen molar-refractivity contribution in [2.45, 2.75) is 64.6 Å². The van der Waals surface area contributed by atoms with E-state index in [2.05, 4.69) is 74.7 Å². The van der Waals surface area contributed by atoms with Crippen LogP contribution in [-0.4, -0.2) is 23.4 Å². The Bertz CT molecular complexity index is 885. The van der Waals surface area contributed by atoms with Crippen LogP contribution in [0.25, 0.3) is 10.8 Å². The summed E-state index contributed by atoms with van der Waals surface area (Å²) in [6, 6.07) is 15.0. The molecule has 2 aromatic carbocycles. The van der Waals surface area contributed by atoms with Crippen LogP contribution < -0.4 is 0 Å². The lowest BCUT2D eigenvalue weighted by Crippen LogP contribution is -2.44. The highest BCUT2D eigenvalue weighted by Crippen LogP contribution is 2.44. The number of rotatable bonds is 6. The third-order valence-electron chi connectivity index (χ3n) is 6.64. The second kappa shape index (κ2) is 8.68. The summed E-state index contributed by atoms with van der Waals surface area (Å²) in [5.74, 6) is 0.197. The third-order valence-corrected chi connectivity index (χ3v) is 6.64. The van der Waals surface area contributed by atoms with E-state index in [1.807, 2.05) is 0 Å². The van der Waals surface area contributed by atoms with E-state index < -0.39 is 12.1 Å². The predicted octanol–water partition coefficient (Wildman–Crippen LogP) is 5.90. The smallest absolute Gasteiger partial charge is 0.336 e. The van der Waals surface area contributed by atoms with Crippen LogP contribution >= 0.6 is 0 Å². The Morgan fingerprint density at radius 2 is 1.86 bits per heavy atom. The number of hydrogen-bond donors (Lipinski definition) is 1. The van der Waals surface area contributed by atoms with Crippen molar-refractivity contribution in [2.24, 2.45) is 11.8 Å². The van der Waals surface area contributed by atoms with Gasteiger partial charge in [-0.3, -0.25) is 5.26 Å². The molecule has 0 aliphatic heterocycles. The lowest BCUT2D eigenvalue weighted by Gasteiger charge is -2.44. The SMILES string of the molecule is C=C(C(=O)O[C@H]1C[C@@H](C)CC[C@@H]1C(C)(C)c1ccc2ccccc2c1)[C@H](C)OO. The quantitative estimate of drug-likeness (QED) is 0.286. The monoisotopic (exact) mass is 396 g/mol. The number of carbonyl (C=O) groups is 1. The van der Waals surface area contributed by atoms with Gasteiger partial charge in [-0.25, -0.2) is 9.68 Å². The fraction of sp³-hybridized carbons (Fsp3) is 0.480. The molecule has 0 saturated heterocycles. The van der Waals surface area contributed by atoms with E-state index in [-0.39, 0.29) is 23.0 Å². The summed E-state index contributed by atoms with van der Waals surface area (Å²) in [6.07, 6.45) is 1.96. The van der Waals surface area contributed by atoms with Gasteiger partial charge in [0.1, 0.15) is 12.2 Å². The zero-order valence-electron chi connectivity index (χ0n) is 17.9. The molecule has 0 radical (unpaired) electrons. The van der Waals surface area contributed by atoms with Crippen molar-refractivity contribution in [1.82, 2.24) is 0 Å². The van der Waals surface area contributed by atoms with Crippen LogP contribution in [0.5, 0.6) is 0 Å². The van der Waals surface area contributed by atoms with E-state index >= 15 is 0 Å². The molecule has 1 N–H and O–H groups in total. The second-order valence-electron chi connectivity index (χ2n) is 9.02. The van der Waals surface area contributed by atoms with E-state index in [0.29, 0.717) is 5.92 Å². The maximum absolute atomic E-state index is 12.6. The molecule has 1 aliphatic rings. The number of fused-ring (bicyclic) bond motifs is 1. The summed E-state index contributed by atoms with van der Waals surface area (Å²) in [7, 11) is 0. The Hall–Kier alpha value is -2.17. The van der Waals surface area contributed by atoms with Crippen LogP contribution in [0.2, 0.25) is 0 Å². The van der Waals surface area contributed by atoms with Crippen LogP contribution in [0, 0.1) is 11.8 Å². The highest BCUT2D eigenvalue weighted by atomic mass is 17.1. The van der Waals surface area contributed by atoms with Crippen LogP contribution in [0.15, 0.2) is 54.6 Å². The first-order valence-electron chi connectivity index (χ1n) is 10.4. The zero-order chi connectivity index (χ0) is 21.2. The molecule has 1 saturated carbocycles. The Labute approximate surface area is 173 Å². The molecule has 0 spiro atoms. The topological polar surface area (TPSA) is 55.8 Å². The lowest BCUT2D eigenvalue weighted by molar-refractivity contribution is -0.264. The molecule has 2 aromatic rings. The summed E-state index contributed by atoms with van der Waals surface area (Å²) in [5.41, 5.74) is 1.23. The van der Waals surface area contributed by atoms with Gasteiger partial charge in [0.25, 0.3) is 0 Å². The van der Waals surface area contributed by atoms with Gasteiger partial charge in [-0.1, -0.05) is 76.2 Å². The molecule has 29 heavy (non-hydrogen) atoms. The van der Waals surface area contributed by atoms with Gasteiger partial charge in [-0.05, 0) is 47.4 Å². The molecule has 0 amide bonds. The molecular formula is C25H32O4. The van der Waals surface area contributed by atoms with Crippen molar-refractivity contribution < 1.29 is 19.7 Å². The molecular weight excluding hydrogens is 364 g/mol. The van der Waals surface area contributed by atoms with Gasteiger partial charge >= 0.3 is 5.97 Å². The molecule has 1 fully saturated rings. The van der Waals surface area contributed by atoms with Crippen LogP contribution in [-0.2, 0) is 19.8 Å². The first kappa shape index (κ1) is 21.5. The Balaban J connectivity index is 1.87. The predicted molar refractivity (Wildman–Crippen MR) is 116 cm³/mol. The maximum atomic E-state index is 12.6. The minimum atomic E-state index is -0.782. The first-order chi connectivity index (χ1) is 13.7. The zero-order valence-corrected chi connectivity index (χ0v) is 17.9. The maximum Gasteiger partial charge on any atom is 0.336 e. The lowest BCUT2D eigenvalue weighted by atomic mass is 9.64. The van der Waals surface area contributed by atoms with Crippen LogP contribution in [0.3, 0.4) is 0 Å². The highest BCUT2D eigenvalue weighted by Gasteiger charge is 2.42. The fourth-order valence-corrected chi connectivity index (χ4v) is 4.53. The first-order valence-corrected chi connectivity index (χ1v) is 10.4. The van der Waals surface area contributed by atoms with Crippen molar-refractivity contribution in [2.75, 3.05) is 0 Å². The number of esters is 1. The third kappa shape index (κ3) is 4.54. The second-order valence-corrected chi connectivity index (χ2v) is 9.02. The molecule has 0 aromatic heterocycles. The van der Waals surface area contributed by atoms with Gasteiger partial charge in [0.15, 0.2) is 0 Å². The Kier molecular flexibility index (Phi) is 6.45. The number of ether oxygens (including phenoxy) is 1. The van der Waals surface area contributed by atoms with Crippen LogP contribution in [0.4, 0.5) is 0 Å². The average Bonchev–Trinajstić information content (AvgIpc) is 2.72. The van der Waals surface area contributed by atoms with Crippen molar-refractivity contribution in [3.05, 3.63) is 60.2 Å². The largest absolute Gasteiger partial charge is 0.459 e. The van der Waals surface area contributed by atoms with Gasteiger partial charge in [0.2, 0.25) is 0 Å². The van der Waals surface area contributed by atoms with E-state index in [1.165, 1.54) is 16.3 Å². The molecule has 0 heterocycles. The van der Waals surface area contributed by atoms with Gasteiger partial charge in [-0.15, -0.1) is 0 Å². The van der Waals surface area contributed by atoms with Crippen molar-refractivity contribution >= 4 is 16.7 Å². The molecule has 3 rings (SSSR count). The standard InChI is InChI=1S/C25H32O4/c1-16-10-13-22(23(14-16)28-24(26)17(2)18(3)29-27)25(4,5)21-12-11-19-8-6-7-9-20(19)15-21/h6-9,11-12,15-16,18,22-23,27H,2,10,13-14H2,1,3-5H3/t16-,18-,22-,23-/m0/s1. The Morgan fingerprint density at radius 3 is 2.55 bits per heavy atom. The number of benzene rings is 2. The highest BCUT2D eigenvalue weighted by molar-refractivity contribution is 5.89. The van der Waals surface area contributed by atoms with E-state index in [9.17, 15) is 4.79 Å². The van der Waals surface area contributed by atoms with Crippen molar-refractivity contribution in [1.29, 1.82) is 0 Å². The van der Waals surface area contributed by atoms with Gasteiger partial charge in [-0.2, -0.15) is 0 Å². The normalized spacial score (nSPS) is 23.6. The fourth-order valence-electron chi connectivity index (χ4n) is 4.53. The van der Waals surface area contributed by atoms with Crippen LogP contribution in [0.1, 0.15) is 52.5 Å². The minimum absolute atomic E-state index is 0.132. The number of carbonyl (C=O) groups excluding carboxylic acids is 1. The minimum Gasteiger partial charge on any atom is -0.459 e. The molecule has 4 atom stereocenters. The van der Waals surface area contributed by atoms with E-state index in [4.69, 9.17) is 9.99 Å². The molecule has 156 valence electrons. The molecule has 1 aliphatic carbocycles. The summed E-state index contributed by atoms with van der Waals surface area (Å²) in [4.78, 5) is 16.8. The average molecular weight is 397 g/mol. The van der Waals surface area contributed by atoms with E-state index in [1.54, 1.807) is 6.92 Å². The summed E-state index contributed by atoms with van der Waals surface area (Å²) >= 11 is 0. The van der Waals surface area contributed by atoms with E-state index in [0.717, 1.165) is 19.3 Å². The summed E-state index contributed by atoms with van der Waals surface area (Å²) < 4.78 is 5.92. The Morgan fingerprint density at radius 1 is 1.17 bits per heavy atom. The van der Waals surface area contributed by atoms with Crippen molar-refractivity contribution in [3.8, 4) is 0 Å². The molecule has 0 bridgehead atoms. The summed E-state index contributed by atoms with van der Waals surface area (Å²) in [5, 5.41) is 11.3. The van der Waals surface area contributed by atoms with Gasteiger partial charge in [0.05, 0.1) is 5.57 Å². The van der Waals surface area contributed by atoms with Gasteiger partial charge < -0.3 is 4.74 Å². The number of hydrogen-bond acceptors (Lipinski definition) is 4.